The molecule has 0 amide bonds. The number of thiophene rings is 1. The summed E-state index contributed by atoms with van der Waals surface area (Å²) in [7, 11) is 0. The minimum absolute atomic E-state index is 0.138. The predicted molar refractivity (Wildman–Crippen MR) is 64.8 cm³/mol. The van der Waals surface area contributed by atoms with E-state index in [4.69, 9.17) is 5.11 Å². The molecule has 0 saturated heterocycles. The Kier molecular flexibility index (Phi) is 3.71. The first kappa shape index (κ1) is 11.3. The Morgan fingerprint density at radius 1 is 1.62 bits per heavy atom. The molecule has 1 atom stereocenters. The number of nitrogens with one attached hydrogen (secondary N) is 1. The fourth-order valence-corrected chi connectivity index (χ4v) is 2.17. The van der Waals surface area contributed by atoms with Crippen molar-refractivity contribution in [1.82, 2.24) is 14.9 Å². The van der Waals surface area contributed by atoms with Gasteiger partial charge in [-0.2, -0.15) is 0 Å². The maximum Gasteiger partial charge on any atom is 0.0991 e. The Labute approximate surface area is 98.6 Å². The molecule has 0 saturated carbocycles. The molecule has 0 fully saturated rings. The van der Waals surface area contributed by atoms with Gasteiger partial charge in [0, 0.05) is 35.2 Å². The Balaban J connectivity index is 1.98. The summed E-state index contributed by atoms with van der Waals surface area (Å²) in [5.74, 6) is 0. The van der Waals surface area contributed by atoms with Crippen LogP contribution in [0.15, 0.2) is 30.2 Å². The van der Waals surface area contributed by atoms with Crippen LogP contribution in [-0.4, -0.2) is 27.3 Å². The lowest BCUT2D eigenvalue weighted by atomic mass is 10.3. The smallest absolute Gasteiger partial charge is 0.0991 e. The van der Waals surface area contributed by atoms with Gasteiger partial charge in [-0.3, -0.25) is 0 Å². The number of nitrogens with zero attached hydrogens (tertiary/aromatic N) is 2. The Hall–Kier alpha value is -1.17. The van der Waals surface area contributed by atoms with E-state index in [1.54, 1.807) is 23.9 Å². The van der Waals surface area contributed by atoms with Crippen molar-refractivity contribution in [2.75, 3.05) is 6.61 Å². The van der Waals surface area contributed by atoms with Crippen LogP contribution in [0.5, 0.6) is 0 Å². The van der Waals surface area contributed by atoms with E-state index in [1.165, 1.54) is 4.88 Å². The fraction of sp³-hybridized carbons (Fsp3) is 0.364. The van der Waals surface area contributed by atoms with E-state index in [0.29, 0.717) is 0 Å². The summed E-state index contributed by atoms with van der Waals surface area (Å²) in [4.78, 5) is 5.27. The highest BCUT2D eigenvalue weighted by atomic mass is 32.1. The summed E-state index contributed by atoms with van der Waals surface area (Å²) >= 11 is 1.71. The summed E-state index contributed by atoms with van der Waals surface area (Å²) in [5.41, 5.74) is 1.14. The molecule has 2 rings (SSSR count). The largest absolute Gasteiger partial charge is 0.395 e. The lowest BCUT2D eigenvalue weighted by Crippen LogP contribution is -2.28. The van der Waals surface area contributed by atoms with Crippen molar-refractivity contribution in [3.63, 3.8) is 0 Å². The molecular weight excluding hydrogens is 222 g/mol. The molecule has 5 heteroatoms. The summed E-state index contributed by atoms with van der Waals surface area (Å²) in [6.45, 7) is 2.92. The van der Waals surface area contributed by atoms with Crippen LogP contribution < -0.4 is 5.32 Å². The zero-order chi connectivity index (χ0) is 11.4. The zero-order valence-corrected chi connectivity index (χ0v) is 9.94. The van der Waals surface area contributed by atoms with Crippen LogP contribution in [-0.2, 0) is 6.54 Å². The Morgan fingerprint density at radius 2 is 2.50 bits per heavy atom. The highest BCUT2D eigenvalue weighted by molar-refractivity contribution is 7.10. The van der Waals surface area contributed by atoms with E-state index in [-0.39, 0.29) is 12.6 Å². The molecule has 0 radical (unpaired) electrons. The number of rotatable bonds is 5. The van der Waals surface area contributed by atoms with E-state index in [2.05, 4.69) is 21.7 Å². The lowest BCUT2D eigenvalue weighted by molar-refractivity contribution is 0.251. The number of aromatic nitrogens is 2. The standard InChI is InChI=1S/C11H15N3OS/c1-9(6-15)13-5-11-4-10(7-16-11)14-3-2-12-8-14/h2-4,7-9,13,15H,5-6H2,1H3/t9-/m0/s1. The molecule has 4 nitrogen and oxygen atoms in total. The molecule has 86 valence electrons. The van der Waals surface area contributed by atoms with Crippen molar-refractivity contribution in [2.45, 2.75) is 19.5 Å². The quantitative estimate of drug-likeness (QED) is 0.826. The molecule has 0 aliphatic heterocycles. The predicted octanol–water partition coefficient (Wildman–Crippen LogP) is 1.40. The number of aliphatic hydroxyl groups excluding tert-OH is 1. The van der Waals surface area contributed by atoms with Gasteiger partial charge in [0.15, 0.2) is 0 Å². The van der Waals surface area contributed by atoms with Crippen molar-refractivity contribution in [3.8, 4) is 5.69 Å². The average Bonchev–Trinajstić information content (AvgIpc) is 2.95. The molecule has 2 heterocycles. The van der Waals surface area contributed by atoms with Crippen LogP contribution in [0.1, 0.15) is 11.8 Å². The minimum atomic E-state index is 0.138. The molecule has 0 unspecified atom stereocenters. The van der Waals surface area contributed by atoms with Crippen LogP contribution in [0, 0.1) is 0 Å². The van der Waals surface area contributed by atoms with Gasteiger partial charge < -0.3 is 15.0 Å². The first-order valence-electron chi connectivity index (χ1n) is 5.19. The third-order valence-electron chi connectivity index (χ3n) is 2.34. The van der Waals surface area contributed by atoms with E-state index < -0.39 is 0 Å². The van der Waals surface area contributed by atoms with Gasteiger partial charge in [-0.1, -0.05) is 0 Å². The van der Waals surface area contributed by atoms with E-state index in [0.717, 1.165) is 12.2 Å². The first-order valence-corrected chi connectivity index (χ1v) is 6.07. The Bertz CT molecular complexity index is 424. The molecule has 0 aliphatic rings. The number of hydrogen-bond acceptors (Lipinski definition) is 4. The third-order valence-corrected chi connectivity index (χ3v) is 3.27. The van der Waals surface area contributed by atoms with Gasteiger partial charge in [0.2, 0.25) is 0 Å². The fourth-order valence-electron chi connectivity index (χ4n) is 1.35. The van der Waals surface area contributed by atoms with Crippen molar-refractivity contribution in [1.29, 1.82) is 0 Å². The number of imidazole rings is 1. The van der Waals surface area contributed by atoms with Crippen LogP contribution in [0.25, 0.3) is 5.69 Å². The van der Waals surface area contributed by atoms with Gasteiger partial charge in [-0.25, -0.2) is 4.98 Å². The average molecular weight is 237 g/mol. The SMILES string of the molecule is C[C@@H](CO)NCc1cc(-n2ccnc2)cs1. The summed E-state index contributed by atoms with van der Waals surface area (Å²) < 4.78 is 1.98. The maximum absolute atomic E-state index is 8.90. The Morgan fingerprint density at radius 3 is 3.19 bits per heavy atom. The van der Waals surface area contributed by atoms with Crippen LogP contribution >= 0.6 is 11.3 Å². The normalized spacial score (nSPS) is 12.9. The molecule has 0 bridgehead atoms. The highest BCUT2D eigenvalue weighted by Gasteiger charge is 2.03. The van der Waals surface area contributed by atoms with Crippen LogP contribution in [0.3, 0.4) is 0 Å². The molecule has 16 heavy (non-hydrogen) atoms. The van der Waals surface area contributed by atoms with E-state index >= 15 is 0 Å². The van der Waals surface area contributed by atoms with Crippen molar-refractivity contribution in [3.05, 3.63) is 35.0 Å². The second kappa shape index (κ2) is 5.25. The van der Waals surface area contributed by atoms with Crippen molar-refractivity contribution < 1.29 is 5.11 Å². The maximum atomic E-state index is 8.90. The zero-order valence-electron chi connectivity index (χ0n) is 9.13. The second-order valence-electron chi connectivity index (χ2n) is 3.71. The summed E-state index contributed by atoms with van der Waals surface area (Å²) in [6.07, 6.45) is 5.48. The second-order valence-corrected chi connectivity index (χ2v) is 4.70. The van der Waals surface area contributed by atoms with E-state index in [9.17, 15) is 0 Å². The van der Waals surface area contributed by atoms with Gasteiger partial charge >= 0.3 is 0 Å². The monoisotopic (exact) mass is 237 g/mol. The summed E-state index contributed by atoms with van der Waals surface area (Å²) in [5, 5.41) is 14.2. The molecule has 2 aromatic heterocycles. The molecular formula is C11H15N3OS. The van der Waals surface area contributed by atoms with Crippen molar-refractivity contribution >= 4 is 11.3 Å². The number of hydrogen-bond donors (Lipinski definition) is 2. The molecule has 2 aromatic rings. The van der Waals surface area contributed by atoms with E-state index in [1.807, 2.05) is 17.7 Å². The topological polar surface area (TPSA) is 50.1 Å². The molecule has 0 spiro atoms. The molecule has 0 aromatic carbocycles. The minimum Gasteiger partial charge on any atom is -0.395 e. The van der Waals surface area contributed by atoms with Gasteiger partial charge in [-0.15, -0.1) is 11.3 Å². The van der Waals surface area contributed by atoms with Gasteiger partial charge in [-0.05, 0) is 13.0 Å². The summed E-state index contributed by atoms with van der Waals surface area (Å²) in [6, 6.07) is 2.27. The third kappa shape index (κ3) is 2.69. The van der Waals surface area contributed by atoms with Gasteiger partial charge in [0.1, 0.15) is 0 Å². The molecule has 2 N–H and O–H groups in total. The van der Waals surface area contributed by atoms with Crippen molar-refractivity contribution in [2.24, 2.45) is 0 Å². The van der Waals surface area contributed by atoms with Gasteiger partial charge in [0.25, 0.3) is 0 Å². The molecule has 0 aliphatic carbocycles. The van der Waals surface area contributed by atoms with Gasteiger partial charge in [0.05, 0.1) is 18.6 Å². The first-order chi connectivity index (χ1) is 7.79. The highest BCUT2D eigenvalue weighted by Crippen LogP contribution is 2.18. The lowest BCUT2D eigenvalue weighted by Gasteiger charge is -2.08. The van der Waals surface area contributed by atoms with Crippen LogP contribution in [0.4, 0.5) is 0 Å². The number of aliphatic hydroxyl groups is 1. The van der Waals surface area contributed by atoms with Crippen LogP contribution in [0.2, 0.25) is 0 Å².